The second-order valence-corrected chi connectivity index (χ2v) is 3.65. The fraction of sp³-hybridized carbons (Fsp3) is 0.222. The first-order valence-electron chi connectivity index (χ1n) is 4.38. The number of hydrogen-bond acceptors (Lipinski definition) is 4. The van der Waals surface area contributed by atoms with Crippen LogP contribution in [0.15, 0.2) is 16.8 Å². The monoisotopic (exact) mass is 242 g/mol. The average Bonchev–Trinajstić information content (AvgIpc) is 2.76. The van der Waals surface area contributed by atoms with Crippen LogP contribution in [-0.2, 0) is 9.59 Å². The molecule has 0 fully saturated rings. The third-order valence-corrected chi connectivity index (χ3v) is 2.31. The van der Waals surface area contributed by atoms with Crippen LogP contribution >= 0.6 is 11.3 Å². The Balaban J connectivity index is 2.27. The largest absolute Gasteiger partial charge is 0.480 e. The number of amides is 2. The number of carboxylic acid groups (broad SMARTS) is 1. The Morgan fingerprint density at radius 3 is 2.56 bits per heavy atom. The highest BCUT2D eigenvalue weighted by molar-refractivity contribution is 7.08. The van der Waals surface area contributed by atoms with Crippen LogP contribution in [0.1, 0.15) is 10.4 Å². The zero-order valence-electron chi connectivity index (χ0n) is 8.23. The van der Waals surface area contributed by atoms with E-state index in [0.717, 1.165) is 0 Å². The van der Waals surface area contributed by atoms with Crippen molar-refractivity contribution >= 4 is 29.1 Å². The molecule has 1 rings (SSSR count). The predicted molar refractivity (Wildman–Crippen MR) is 57.3 cm³/mol. The molecule has 1 aromatic rings. The minimum atomic E-state index is -1.13. The van der Waals surface area contributed by atoms with Gasteiger partial charge >= 0.3 is 5.97 Å². The number of carbonyl (C=O) groups is 3. The van der Waals surface area contributed by atoms with Crippen LogP contribution in [0.5, 0.6) is 0 Å². The second-order valence-electron chi connectivity index (χ2n) is 2.87. The average molecular weight is 242 g/mol. The predicted octanol–water partition coefficient (Wildman–Crippen LogP) is -0.321. The lowest BCUT2D eigenvalue weighted by Gasteiger charge is -2.03. The van der Waals surface area contributed by atoms with Gasteiger partial charge < -0.3 is 15.7 Å². The standard InChI is InChI=1S/C9H10N2O4S/c12-7(10-4-8(13)14)3-11-9(15)6-1-2-16-5-6/h1-2,5H,3-4H2,(H,10,12)(H,11,15)(H,13,14). The summed E-state index contributed by atoms with van der Waals surface area (Å²) in [5, 5.41) is 16.2. The van der Waals surface area contributed by atoms with Crippen LogP contribution < -0.4 is 10.6 Å². The van der Waals surface area contributed by atoms with E-state index in [-0.39, 0.29) is 12.5 Å². The van der Waals surface area contributed by atoms with E-state index >= 15 is 0 Å². The maximum absolute atomic E-state index is 11.3. The first-order chi connectivity index (χ1) is 7.59. The van der Waals surface area contributed by atoms with Gasteiger partial charge in [0.05, 0.1) is 6.54 Å². The van der Waals surface area contributed by atoms with Gasteiger partial charge in [0.15, 0.2) is 0 Å². The third-order valence-electron chi connectivity index (χ3n) is 1.63. The third kappa shape index (κ3) is 4.09. The second kappa shape index (κ2) is 5.86. The number of carbonyl (C=O) groups excluding carboxylic acids is 2. The molecule has 0 aliphatic heterocycles. The molecule has 0 aliphatic carbocycles. The van der Waals surface area contributed by atoms with Gasteiger partial charge in [0, 0.05) is 10.9 Å². The lowest BCUT2D eigenvalue weighted by atomic mass is 10.3. The highest BCUT2D eigenvalue weighted by atomic mass is 32.1. The topological polar surface area (TPSA) is 95.5 Å². The van der Waals surface area contributed by atoms with Gasteiger partial charge in [0.25, 0.3) is 5.91 Å². The summed E-state index contributed by atoms with van der Waals surface area (Å²) in [5.74, 6) is -2.02. The number of rotatable bonds is 5. The molecule has 0 radical (unpaired) electrons. The number of carboxylic acids is 1. The molecule has 0 saturated heterocycles. The van der Waals surface area contributed by atoms with Gasteiger partial charge in [0.1, 0.15) is 6.54 Å². The van der Waals surface area contributed by atoms with E-state index in [1.54, 1.807) is 16.8 Å². The van der Waals surface area contributed by atoms with Crippen molar-refractivity contribution in [3.63, 3.8) is 0 Å². The molecule has 86 valence electrons. The van der Waals surface area contributed by atoms with Crippen molar-refractivity contribution in [2.24, 2.45) is 0 Å². The van der Waals surface area contributed by atoms with Crippen molar-refractivity contribution in [2.45, 2.75) is 0 Å². The number of nitrogens with one attached hydrogen (secondary N) is 2. The van der Waals surface area contributed by atoms with E-state index in [2.05, 4.69) is 10.6 Å². The summed E-state index contributed by atoms with van der Waals surface area (Å²) in [5.41, 5.74) is 0.482. The van der Waals surface area contributed by atoms with Crippen LogP contribution in [-0.4, -0.2) is 36.0 Å². The molecule has 1 heterocycles. The summed E-state index contributed by atoms with van der Waals surface area (Å²) in [6, 6.07) is 1.63. The zero-order valence-corrected chi connectivity index (χ0v) is 9.04. The molecule has 0 unspecified atom stereocenters. The van der Waals surface area contributed by atoms with Gasteiger partial charge in [-0.2, -0.15) is 11.3 Å². The molecule has 3 N–H and O–H groups in total. The summed E-state index contributed by atoms with van der Waals surface area (Å²) in [4.78, 5) is 32.5. The van der Waals surface area contributed by atoms with E-state index in [0.29, 0.717) is 5.56 Å². The van der Waals surface area contributed by atoms with Crippen molar-refractivity contribution in [2.75, 3.05) is 13.1 Å². The molecular formula is C9H10N2O4S. The Morgan fingerprint density at radius 2 is 2.00 bits per heavy atom. The highest BCUT2D eigenvalue weighted by Gasteiger charge is 2.08. The Hall–Kier alpha value is -1.89. The molecule has 0 aromatic carbocycles. The smallest absolute Gasteiger partial charge is 0.322 e. The maximum Gasteiger partial charge on any atom is 0.322 e. The quantitative estimate of drug-likeness (QED) is 0.659. The molecule has 0 spiro atoms. The molecule has 0 saturated carbocycles. The van der Waals surface area contributed by atoms with Crippen molar-refractivity contribution in [3.05, 3.63) is 22.4 Å². The van der Waals surface area contributed by atoms with E-state index in [4.69, 9.17) is 5.11 Å². The van der Waals surface area contributed by atoms with Crippen LogP contribution in [0.25, 0.3) is 0 Å². The van der Waals surface area contributed by atoms with Gasteiger partial charge in [-0.3, -0.25) is 14.4 Å². The zero-order chi connectivity index (χ0) is 12.0. The van der Waals surface area contributed by atoms with Gasteiger partial charge in [0.2, 0.25) is 5.91 Å². The molecule has 0 aliphatic rings. The number of thiophene rings is 1. The minimum absolute atomic E-state index is 0.234. The SMILES string of the molecule is O=C(O)CNC(=O)CNC(=O)c1ccsc1. The van der Waals surface area contributed by atoms with Gasteiger partial charge in [-0.25, -0.2) is 0 Å². The first-order valence-corrected chi connectivity index (χ1v) is 5.33. The molecule has 2 amide bonds. The number of aliphatic carboxylic acids is 1. The Bertz CT molecular complexity index is 388. The van der Waals surface area contributed by atoms with Crippen LogP contribution in [0.3, 0.4) is 0 Å². The molecule has 0 atom stereocenters. The normalized spacial score (nSPS) is 9.50. The molecule has 1 aromatic heterocycles. The summed E-state index contributed by atoms with van der Waals surface area (Å²) in [6.07, 6.45) is 0. The van der Waals surface area contributed by atoms with Crippen LogP contribution in [0, 0.1) is 0 Å². The maximum atomic E-state index is 11.3. The van der Waals surface area contributed by atoms with Gasteiger partial charge in [-0.15, -0.1) is 0 Å². The van der Waals surface area contributed by atoms with Crippen molar-refractivity contribution < 1.29 is 19.5 Å². The fourth-order valence-corrected chi connectivity index (χ4v) is 1.53. The Morgan fingerprint density at radius 1 is 1.25 bits per heavy atom. The van der Waals surface area contributed by atoms with Gasteiger partial charge in [-0.1, -0.05) is 0 Å². The van der Waals surface area contributed by atoms with Crippen LogP contribution in [0.2, 0.25) is 0 Å². The summed E-state index contributed by atoms with van der Waals surface area (Å²) in [7, 11) is 0. The van der Waals surface area contributed by atoms with Crippen molar-refractivity contribution in [1.29, 1.82) is 0 Å². The van der Waals surface area contributed by atoms with Gasteiger partial charge in [-0.05, 0) is 11.4 Å². The Kier molecular flexibility index (Phi) is 4.46. The fourth-order valence-electron chi connectivity index (χ4n) is 0.893. The van der Waals surface area contributed by atoms with E-state index < -0.39 is 18.4 Å². The summed E-state index contributed by atoms with van der Waals surface area (Å²) < 4.78 is 0. The van der Waals surface area contributed by atoms with E-state index in [1.165, 1.54) is 11.3 Å². The molecule has 0 bridgehead atoms. The first kappa shape index (κ1) is 12.2. The molecule has 6 nitrogen and oxygen atoms in total. The number of hydrogen-bond donors (Lipinski definition) is 3. The van der Waals surface area contributed by atoms with Crippen molar-refractivity contribution in [3.8, 4) is 0 Å². The summed E-state index contributed by atoms with van der Waals surface area (Å²) >= 11 is 1.38. The van der Waals surface area contributed by atoms with E-state index in [1.807, 2.05) is 0 Å². The summed E-state index contributed by atoms with van der Waals surface area (Å²) in [6.45, 7) is -0.685. The lowest BCUT2D eigenvalue weighted by molar-refractivity contribution is -0.137. The van der Waals surface area contributed by atoms with Crippen molar-refractivity contribution in [1.82, 2.24) is 10.6 Å². The highest BCUT2D eigenvalue weighted by Crippen LogP contribution is 2.04. The van der Waals surface area contributed by atoms with Crippen LogP contribution in [0.4, 0.5) is 0 Å². The Labute approximate surface area is 95.3 Å². The molecule has 16 heavy (non-hydrogen) atoms. The van der Waals surface area contributed by atoms with E-state index in [9.17, 15) is 14.4 Å². The lowest BCUT2D eigenvalue weighted by Crippen LogP contribution is -2.38. The molecular weight excluding hydrogens is 232 g/mol. The minimum Gasteiger partial charge on any atom is -0.480 e. The molecule has 7 heteroatoms.